The summed E-state index contributed by atoms with van der Waals surface area (Å²) in [6, 6.07) is 7.80. The highest BCUT2D eigenvalue weighted by molar-refractivity contribution is 9.10. The molecule has 122 valence electrons. The van der Waals surface area contributed by atoms with Gasteiger partial charge in [0.1, 0.15) is 0 Å². The third-order valence-corrected chi connectivity index (χ3v) is 3.77. The number of halogens is 1. The predicted molar refractivity (Wildman–Crippen MR) is 90.6 cm³/mol. The lowest BCUT2D eigenvalue weighted by molar-refractivity contribution is -0.862. The van der Waals surface area contributed by atoms with E-state index in [9.17, 15) is 9.59 Å². The third-order valence-electron chi connectivity index (χ3n) is 3.24. The maximum Gasteiger partial charge on any atom is 0.275 e. The largest absolute Gasteiger partial charge is 0.351 e. The first kappa shape index (κ1) is 18.6. The quantitative estimate of drug-likeness (QED) is 0.629. The summed E-state index contributed by atoms with van der Waals surface area (Å²) < 4.78 is 1.01. The molecule has 0 aromatic heterocycles. The van der Waals surface area contributed by atoms with Crippen LogP contribution in [0.2, 0.25) is 0 Å². The van der Waals surface area contributed by atoms with Crippen LogP contribution < -0.4 is 15.5 Å². The van der Waals surface area contributed by atoms with Crippen LogP contribution in [0, 0.1) is 0 Å². The number of benzene rings is 1. The Bertz CT molecular complexity index is 491. The van der Waals surface area contributed by atoms with Crippen molar-refractivity contribution in [3.8, 4) is 0 Å². The second kappa shape index (κ2) is 9.58. The Labute approximate surface area is 140 Å². The average Bonchev–Trinajstić information content (AvgIpc) is 2.45. The van der Waals surface area contributed by atoms with Gasteiger partial charge < -0.3 is 15.5 Å². The second-order valence-electron chi connectivity index (χ2n) is 5.50. The maximum absolute atomic E-state index is 12.0. The summed E-state index contributed by atoms with van der Waals surface area (Å²) in [6.07, 6.45) is 0.913. The lowest BCUT2D eigenvalue weighted by Crippen LogP contribution is -3.11. The molecule has 0 aliphatic carbocycles. The van der Waals surface area contributed by atoms with Gasteiger partial charge in [0.25, 0.3) is 11.8 Å². The zero-order valence-electron chi connectivity index (χ0n) is 13.4. The summed E-state index contributed by atoms with van der Waals surface area (Å²) >= 11 is 3.39. The van der Waals surface area contributed by atoms with Gasteiger partial charge in [-0.05, 0) is 31.0 Å². The van der Waals surface area contributed by atoms with Crippen molar-refractivity contribution >= 4 is 27.7 Å². The Balaban J connectivity index is 2.38. The lowest BCUT2D eigenvalue weighted by atomic mass is 10.1. The Hall–Kier alpha value is -1.40. The number of amides is 2. The average molecular weight is 371 g/mol. The molecule has 0 aliphatic rings. The summed E-state index contributed by atoms with van der Waals surface area (Å²) in [6.45, 7) is 5.22. The van der Waals surface area contributed by atoms with Crippen LogP contribution in [0.5, 0.6) is 0 Å². The highest BCUT2D eigenvalue weighted by atomic mass is 79.9. The molecule has 22 heavy (non-hydrogen) atoms. The van der Waals surface area contributed by atoms with Gasteiger partial charge in [0.2, 0.25) is 0 Å². The van der Waals surface area contributed by atoms with Gasteiger partial charge in [-0.2, -0.15) is 0 Å². The highest BCUT2D eigenvalue weighted by Gasteiger charge is 2.16. The van der Waals surface area contributed by atoms with E-state index in [1.807, 2.05) is 45.2 Å². The molecule has 3 N–H and O–H groups in total. The summed E-state index contributed by atoms with van der Waals surface area (Å²) in [5.74, 6) is -0.0793. The van der Waals surface area contributed by atoms with E-state index in [1.54, 1.807) is 0 Å². The second-order valence-corrected chi connectivity index (χ2v) is 6.42. The van der Waals surface area contributed by atoms with Crippen molar-refractivity contribution in [2.24, 2.45) is 0 Å². The fourth-order valence-electron chi connectivity index (χ4n) is 2.06. The SMILES string of the molecule is CCCNC(=O)C[NH+](C)CC(=O)N[C@H](C)c1ccc(Br)cc1. The van der Waals surface area contributed by atoms with E-state index in [0.29, 0.717) is 13.1 Å². The molecule has 5 nitrogen and oxygen atoms in total. The topological polar surface area (TPSA) is 62.6 Å². The molecule has 2 amide bonds. The molecule has 0 spiro atoms. The summed E-state index contributed by atoms with van der Waals surface area (Å²) in [4.78, 5) is 24.5. The van der Waals surface area contributed by atoms with Crippen LogP contribution >= 0.6 is 15.9 Å². The molecule has 1 rings (SSSR count). The van der Waals surface area contributed by atoms with Crippen molar-refractivity contribution in [2.45, 2.75) is 26.3 Å². The monoisotopic (exact) mass is 370 g/mol. The number of rotatable bonds is 8. The zero-order valence-corrected chi connectivity index (χ0v) is 15.0. The minimum atomic E-state index is -0.0591. The Kier molecular flexibility index (Phi) is 8.12. The van der Waals surface area contributed by atoms with E-state index in [-0.39, 0.29) is 24.4 Å². The first-order chi connectivity index (χ1) is 10.4. The van der Waals surface area contributed by atoms with Crippen molar-refractivity contribution < 1.29 is 14.5 Å². The molecular formula is C16H25BrN3O2+. The molecule has 0 radical (unpaired) electrons. The van der Waals surface area contributed by atoms with E-state index in [2.05, 4.69) is 26.6 Å². The Morgan fingerprint density at radius 1 is 1.18 bits per heavy atom. The van der Waals surface area contributed by atoms with Gasteiger partial charge in [-0.3, -0.25) is 9.59 Å². The van der Waals surface area contributed by atoms with E-state index >= 15 is 0 Å². The summed E-state index contributed by atoms with van der Waals surface area (Å²) in [7, 11) is 1.84. The lowest BCUT2D eigenvalue weighted by Gasteiger charge is -2.17. The van der Waals surface area contributed by atoms with E-state index in [1.165, 1.54) is 0 Å². The molecule has 0 bridgehead atoms. The number of likely N-dealkylation sites (N-methyl/N-ethyl adjacent to an activating group) is 1. The molecule has 0 saturated heterocycles. The number of carbonyl (C=O) groups excluding carboxylic acids is 2. The van der Waals surface area contributed by atoms with Crippen LogP contribution in [-0.4, -0.2) is 38.5 Å². The molecule has 1 aromatic carbocycles. The van der Waals surface area contributed by atoms with Gasteiger partial charge in [0, 0.05) is 11.0 Å². The van der Waals surface area contributed by atoms with Crippen LogP contribution in [0.15, 0.2) is 28.7 Å². The number of hydrogen-bond donors (Lipinski definition) is 3. The van der Waals surface area contributed by atoms with Crippen LogP contribution in [0.3, 0.4) is 0 Å². The van der Waals surface area contributed by atoms with E-state index in [0.717, 1.165) is 21.4 Å². The van der Waals surface area contributed by atoms with Crippen LogP contribution in [0.25, 0.3) is 0 Å². The van der Waals surface area contributed by atoms with Crippen LogP contribution in [0.1, 0.15) is 31.9 Å². The molecule has 0 aliphatic heterocycles. The predicted octanol–water partition coefficient (Wildman–Crippen LogP) is 0.667. The van der Waals surface area contributed by atoms with Gasteiger partial charge in [0.05, 0.1) is 13.1 Å². The first-order valence-corrected chi connectivity index (χ1v) is 8.34. The molecule has 0 saturated carbocycles. The van der Waals surface area contributed by atoms with Crippen molar-refractivity contribution in [1.29, 1.82) is 0 Å². The zero-order chi connectivity index (χ0) is 16.5. The Morgan fingerprint density at radius 3 is 2.36 bits per heavy atom. The molecule has 6 heteroatoms. The van der Waals surface area contributed by atoms with E-state index in [4.69, 9.17) is 0 Å². The molecule has 0 fully saturated rings. The van der Waals surface area contributed by atoms with Gasteiger partial charge in [-0.15, -0.1) is 0 Å². The maximum atomic E-state index is 12.0. The minimum absolute atomic E-state index is 0.0203. The van der Waals surface area contributed by atoms with Gasteiger partial charge >= 0.3 is 0 Å². The van der Waals surface area contributed by atoms with Gasteiger partial charge in [0.15, 0.2) is 13.1 Å². The van der Waals surface area contributed by atoms with Crippen molar-refractivity contribution in [2.75, 3.05) is 26.7 Å². The van der Waals surface area contributed by atoms with E-state index < -0.39 is 0 Å². The van der Waals surface area contributed by atoms with Gasteiger partial charge in [-0.1, -0.05) is 35.0 Å². The summed E-state index contributed by atoms with van der Waals surface area (Å²) in [5.41, 5.74) is 1.05. The Morgan fingerprint density at radius 2 is 1.77 bits per heavy atom. The molecule has 1 aromatic rings. The number of quaternary nitrogens is 1. The fourth-order valence-corrected chi connectivity index (χ4v) is 2.33. The molecule has 1 unspecified atom stereocenters. The van der Waals surface area contributed by atoms with Crippen molar-refractivity contribution in [3.63, 3.8) is 0 Å². The standard InChI is InChI=1S/C16H24BrN3O2/c1-4-9-18-15(21)10-20(3)11-16(22)19-12(2)13-5-7-14(17)8-6-13/h5-8,12H,4,9-11H2,1-3H3,(H,18,21)(H,19,22)/p+1/t12-/m1/s1. The van der Waals surface area contributed by atoms with Crippen molar-refractivity contribution in [1.82, 2.24) is 10.6 Å². The van der Waals surface area contributed by atoms with Crippen LogP contribution in [-0.2, 0) is 9.59 Å². The van der Waals surface area contributed by atoms with Crippen LogP contribution in [0.4, 0.5) is 0 Å². The normalized spacial score (nSPS) is 13.3. The first-order valence-electron chi connectivity index (χ1n) is 7.55. The number of hydrogen-bond acceptors (Lipinski definition) is 2. The molecular weight excluding hydrogens is 346 g/mol. The summed E-state index contributed by atoms with van der Waals surface area (Å²) in [5, 5.41) is 5.77. The minimum Gasteiger partial charge on any atom is -0.351 e. The van der Waals surface area contributed by atoms with Crippen molar-refractivity contribution in [3.05, 3.63) is 34.3 Å². The fraction of sp³-hybridized carbons (Fsp3) is 0.500. The third kappa shape index (κ3) is 7.04. The van der Waals surface area contributed by atoms with Gasteiger partial charge in [-0.25, -0.2) is 0 Å². The smallest absolute Gasteiger partial charge is 0.275 e. The number of carbonyl (C=O) groups is 2. The number of nitrogens with one attached hydrogen (secondary N) is 3. The highest BCUT2D eigenvalue weighted by Crippen LogP contribution is 2.16. The molecule has 2 atom stereocenters. The molecule has 0 heterocycles.